The molecule has 18 heavy (non-hydrogen) atoms. The molecule has 1 aromatic heterocycles. The van der Waals surface area contributed by atoms with E-state index in [2.05, 4.69) is 41.5 Å². The molecule has 0 bridgehead atoms. The number of hydrogen-bond acceptors (Lipinski definition) is 3. The lowest BCUT2D eigenvalue weighted by Crippen LogP contribution is -2.31. The molecule has 1 heterocycles. The summed E-state index contributed by atoms with van der Waals surface area (Å²) in [5.74, 6) is 0. The van der Waals surface area contributed by atoms with Crippen LogP contribution in [0.1, 0.15) is 30.3 Å². The molecule has 0 aliphatic carbocycles. The van der Waals surface area contributed by atoms with Gasteiger partial charge >= 0.3 is 0 Å². The first kappa shape index (κ1) is 12.8. The number of nitrogens with zero attached hydrogens (tertiary/aromatic N) is 2. The molecule has 3 N–H and O–H groups in total. The first-order valence-electron chi connectivity index (χ1n) is 6.19. The normalized spacial score (nSPS) is 14.4. The average Bonchev–Trinajstić information content (AvgIpc) is 2.83. The van der Waals surface area contributed by atoms with Crippen molar-refractivity contribution in [3.05, 3.63) is 54.1 Å². The molecule has 0 fully saturated rings. The zero-order valence-electron chi connectivity index (χ0n) is 10.9. The lowest BCUT2D eigenvalue weighted by atomic mass is 10.1. The van der Waals surface area contributed by atoms with E-state index in [1.54, 1.807) is 6.33 Å². The van der Waals surface area contributed by atoms with Gasteiger partial charge in [0.05, 0.1) is 18.1 Å². The van der Waals surface area contributed by atoms with E-state index in [1.807, 2.05) is 23.9 Å². The van der Waals surface area contributed by atoms with Crippen molar-refractivity contribution < 1.29 is 0 Å². The Bertz CT molecular complexity index is 478. The van der Waals surface area contributed by atoms with E-state index in [4.69, 9.17) is 5.73 Å². The van der Waals surface area contributed by atoms with Crippen LogP contribution in [0.15, 0.2) is 42.9 Å². The summed E-state index contributed by atoms with van der Waals surface area (Å²) in [7, 11) is 1.99. The van der Waals surface area contributed by atoms with Crippen LogP contribution >= 0.6 is 0 Å². The van der Waals surface area contributed by atoms with Gasteiger partial charge in [-0.05, 0) is 12.5 Å². The van der Waals surface area contributed by atoms with Gasteiger partial charge in [0.25, 0.3) is 0 Å². The number of hydrogen-bond donors (Lipinski definition) is 2. The lowest BCUT2D eigenvalue weighted by Gasteiger charge is -2.22. The van der Waals surface area contributed by atoms with Crippen molar-refractivity contribution in [1.29, 1.82) is 0 Å². The van der Waals surface area contributed by atoms with Crippen molar-refractivity contribution >= 4 is 0 Å². The van der Waals surface area contributed by atoms with Gasteiger partial charge in [-0.25, -0.2) is 4.98 Å². The quantitative estimate of drug-likeness (QED) is 0.843. The number of imidazole rings is 1. The molecule has 2 unspecified atom stereocenters. The minimum atomic E-state index is 0.118. The highest BCUT2D eigenvalue weighted by molar-refractivity contribution is 5.19. The number of benzene rings is 1. The minimum Gasteiger partial charge on any atom is -0.336 e. The molecule has 0 aliphatic rings. The zero-order chi connectivity index (χ0) is 13.0. The maximum Gasteiger partial charge on any atom is 0.0946 e. The predicted octanol–water partition coefficient (Wildman–Crippen LogP) is 1.77. The highest BCUT2D eigenvalue weighted by Gasteiger charge is 2.16. The van der Waals surface area contributed by atoms with Gasteiger partial charge in [0.15, 0.2) is 0 Å². The van der Waals surface area contributed by atoms with Crippen LogP contribution in [0.5, 0.6) is 0 Å². The van der Waals surface area contributed by atoms with Gasteiger partial charge in [-0.1, -0.05) is 30.3 Å². The van der Waals surface area contributed by atoms with Crippen molar-refractivity contribution in [2.24, 2.45) is 12.8 Å². The zero-order valence-corrected chi connectivity index (χ0v) is 10.9. The van der Waals surface area contributed by atoms with Gasteiger partial charge < -0.3 is 15.6 Å². The summed E-state index contributed by atoms with van der Waals surface area (Å²) in [6.07, 6.45) is 3.66. The first-order chi connectivity index (χ1) is 8.72. The second kappa shape index (κ2) is 5.80. The first-order valence-corrected chi connectivity index (χ1v) is 6.19. The number of nitrogens with one attached hydrogen (secondary N) is 1. The highest BCUT2D eigenvalue weighted by Crippen LogP contribution is 2.18. The fraction of sp³-hybridized carbons (Fsp3) is 0.357. The molecule has 4 nitrogen and oxygen atoms in total. The van der Waals surface area contributed by atoms with E-state index in [0.29, 0.717) is 6.54 Å². The van der Waals surface area contributed by atoms with Crippen LogP contribution in [0.4, 0.5) is 0 Å². The fourth-order valence-corrected chi connectivity index (χ4v) is 2.12. The highest BCUT2D eigenvalue weighted by atomic mass is 15.1. The third-order valence-corrected chi connectivity index (χ3v) is 3.20. The van der Waals surface area contributed by atoms with Gasteiger partial charge in [-0.2, -0.15) is 0 Å². The largest absolute Gasteiger partial charge is 0.336 e. The Kier molecular flexibility index (Phi) is 4.12. The molecule has 2 aromatic rings. The van der Waals surface area contributed by atoms with Gasteiger partial charge in [0.2, 0.25) is 0 Å². The number of aryl methyl sites for hydroxylation is 1. The number of nitrogens with two attached hydrogens (primary N) is 1. The Morgan fingerprint density at radius 3 is 2.61 bits per heavy atom. The standard InChI is InChI=1S/C14H20N4/c1-11(12-6-4-3-5-7-12)17-13(8-15)14-9-16-10-18(14)2/h3-7,9-11,13,17H,8,15H2,1-2H3. The third-order valence-electron chi connectivity index (χ3n) is 3.20. The third kappa shape index (κ3) is 2.78. The van der Waals surface area contributed by atoms with Crippen LogP contribution in [0.25, 0.3) is 0 Å². The Labute approximate surface area is 108 Å². The molecule has 4 heteroatoms. The molecule has 2 atom stereocenters. The molecule has 0 saturated carbocycles. The Morgan fingerprint density at radius 2 is 2.06 bits per heavy atom. The molecule has 2 rings (SSSR count). The van der Waals surface area contributed by atoms with Gasteiger partial charge in [-0.3, -0.25) is 0 Å². The van der Waals surface area contributed by atoms with Crippen molar-refractivity contribution in [3.63, 3.8) is 0 Å². The average molecular weight is 244 g/mol. The number of rotatable bonds is 5. The molecule has 0 saturated heterocycles. The van der Waals surface area contributed by atoms with Crippen LogP contribution in [0, 0.1) is 0 Å². The monoisotopic (exact) mass is 244 g/mol. The summed E-state index contributed by atoms with van der Waals surface area (Å²) in [5, 5.41) is 3.54. The lowest BCUT2D eigenvalue weighted by molar-refractivity contribution is 0.456. The summed E-state index contributed by atoms with van der Waals surface area (Å²) in [6, 6.07) is 10.7. The summed E-state index contributed by atoms with van der Waals surface area (Å²) >= 11 is 0. The molecule has 0 amide bonds. The predicted molar refractivity (Wildman–Crippen MR) is 73.0 cm³/mol. The molecular weight excluding hydrogens is 224 g/mol. The fourth-order valence-electron chi connectivity index (χ4n) is 2.12. The second-order valence-corrected chi connectivity index (χ2v) is 4.52. The minimum absolute atomic E-state index is 0.118. The van der Waals surface area contributed by atoms with Crippen LogP contribution in [0.2, 0.25) is 0 Å². The van der Waals surface area contributed by atoms with E-state index in [-0.39, 0.29) is 12.1 Å². The molecule has 0 aliphatic heterocycles. The van der Waals surface area contributed by atoms with E-state index in [9.17, 15) is 0 Å². The smallest absolute Gasteiger partial charge is 0.0946 e. The molecule has 0 spiro atoms. The van der Waals surface area contributed by atoms with E-state index in [1.165, 1.54) is 5.56 Å². The van der Waals surface area contributed by atoms with E-state index >= 15 is 0 Å². The summed E-state index contributed by atoms with van der Waals surface area (Å²) in [4.78, 5) is 4.14. The molecule has 0 radical (unpaired) electrons. The van der Waals surface area contributed by atoms with Gasteiger partial charge in [0.1, 0.15) is 0 Å². The Balaban J connectivity index is 2.10. The van der Waals surface area contributed by atoms with Crippen LogP contribution in [-0.2, 0) is 7.05 Å². The van der Waals surface area contributed by atoms with Crippen LogP contribution in [-0.4, -0.2) is 16.1 Å². The summed E-state index contributed by atoms with van der Waals surface area (Å²) in [6.45, 7) is 2.70. The van der Waals surface area contributed by atoms with Crippen LogP contribution in [0.3, 0.4) is 0 Å². The van der Waals surface area contributed by atoms with Crippen molar-refractivity contribution in [2.75, 3.05) is 6.54 Å². The topological polar surface area (TPSA) is 55.9 Å². The summed E-state index contributed by atoms with van der Waals surface area (Å²) in [5.41, 5.74) is 8.23. The van der Waals surface area contributed by atoms with E-state index in [0.717, 1.165) is 5.69 Å². The molecule has 96 valence electrons. The Morgan fingerprint density at radius 1 is 1.33 bits per heavy atom. The maximum absolute atomic E-state index is 5.86. The number of aromatic nitrogens is 2. The Hall–Kier alpha value is -1.65. The SMILES string of the molecule is CC(NC(CN)c1cncn1C)c1ccccc1. The van der Waals surface area contributed by atoms with E-state index < -0.39 is 0 Å². The van der Waals surface area contributed by atoms with Crippen molar-refractivity contribution in [2.45, 2.75) is 19.0 Å². The van der Waals surface area contributed by atoms with Gasteiger partial charge in [-0.15, -0.1) is 0 Å². The van der Waals surface area contributed by atoms with Crippen molar-refractivity contribution in [3.8, 4) is 0 Å². The van der Waals surface area contributed by atoms with Crippen LogP contribution < -0.4 is 11.1 Å². The summed E-state index contributed by atoms with van der Waals surface area (Å²) < 4.78 is 2.00. The second-order valence-electron chi connectivity index (χ2n) is 4.52. The molecule has 1 aromatic carbocycles. The molecular formula is C14H20N4. The van der Waals surface area contributed by atoms with Gasteiger partial charge in [0, 0.05) is 25.8 Å². The maximum atomic E-state index is 5.86. The van der Waals surface area contributed by atoms with Crippen molar-refractivity contribution in [1.82, 2.24) is 14.9 Å².